The summed E-state index contributed by atoms with van der Waals surface area (Å²) in [5.41, 5.74) is 1.19. The first-order valence-corrected chi connectivity index (χ1v) is 11.6. The number of hydrogen-bond acceptors (Lipinski definition) is 4. The van der Waals surface area contributed by atoms with Gasteiger partial charge in [0.05, 0.1) is 0 Å². The second-order valence-electron chi connectivity index (χ2n) is 6.27. The number of rotatable bonds is 12. The summed E-state index contributed by atoms with van der Waals surface area (Å²) in [6.45, 7) is 9.84. The maximum Gasteiger partial charge on any atom is 0.507 e. The molecule has 0 aliphatic rings. The van der Waals surface area contributed by atoms with Crippen molar-refractivity contribution in [2.24, 2.45) is 0 Å². The highest BCUT2D eigenvalue weighted by atomic mass is 28.4. The lowest BCUT2D eigenvalue weighted by molar-refractivity contribution is -0.109. The number of fused-ring (bicyclic) bond motifs is 1. The van der Waals surface area contributed by atoms with Crippen LogP contribution in [0, 0.1) is 0 Å². The highest BCUT2D eigenvalue weighted by molar-refractivity contribution is 6.60. The molecule has 0 aliphatic carbocycles. The molecule has 2 rings (SSSR count). The Morgan fingerprint density at radius 1 is 0.923 bits per heavy atom. The predicted octanol–water partition coefficient (Wildman–Crippen LogP) is 5.11. The summed E-state index contributed by atoms with van der Waals surface area (Å²) in [5.74, 6) is 0. The maximum atomic E-state index is 6.29. The molecular formula is C21H32O4Si. The van der Waals surface area contributed by atoms with Crippen LogP contribution in [-0.2, 0) is 24.1 Å². The molecule has 0 fully saturated rings. The monoisotopic (exact) mass is 376 g/mol. The topological polar surface area (TPSA) is 36.9 Å². The van der Waals surface area contributed by atoms with Crippen LogP contribution in [0.2, 0.25) is 0 Å². The Morgan fingerprint density at radius 3 is 2.31 bits per heavy atom. The van der Waals surface area contributed by atoms with E-state index in [9.17, 15) is 0 Å². The molecule has 0 aromatic heterocycles. The zero-order chi connectivity index (χ0) is 18.8. The van der Waals surface area contributed by atoms with Gasteiger partial charge in [0, 0.05) is 25.9 Å². The van der Waals surface area contributed by atoms with Crippen LogP contribution in [0.15, 0.2) is 42.5 Å². The molecule has 26 heavy (non-hydrogen) atoms. The third-order valence-corrected chi connectivity index (χ3v) is 7.17. The average molecular weight is 377 g/mol. The smallest absolute Gasteiger partial charge is 0.374 e. The molecule has 4 nitrogen and oxygen atoms in total. The lowest BCUT2D eigenvalue weighted by atomic mass is 10.1. The van der Waals surface area contributed by atoms with E-state index < -0.39 is 8.80 Å². The number of benzene rings is 2. The van der Waals surface area contributed by atoms with Crippen LogP contribution in [-0.4, -0.2) is 34.9 Å². The fourth-order valence-electron chi connectivity index (χ4n) is 3.05. The van der Waals surface area contributed by atoms with Gasteiger partial charge >= 0.3 is 8.80 Å². The number of unbranched alkanes of at least 4 members (excludes halogenated alkanes) is 1. The van der Waals surface area contributed by atoms with Crippen LogP contribution in [0.1, 0.15) is 46.1 Å². The van der Waals surface area contributed by atoms with E-state index in [1.165, 1.54) is 16.3 Å². The third kappa shape index (κ3) is 5.89. The average Bonchev–Trinajstić information content (AvgIpc) is 2.63. The Hall–Kier alpha value is -1.24. The summed E-state index contributed by atoms with van der Waals surface area (Å²) in [6.07, 6.45) is 1.78. The third-order valence-electron chi connectivity index (χ3n) is 4.21. The van der Waals surface area contributed by atoms with Crippen molar-refractivity contribution in [3.8, 4) is 0 Å². The van der Waals surface area contributed by atoms with Crippen molar-refractivity contribution < 1.29 is 18.0 Å². The molecule has 0 saturated heterocycles. The van der Waals surface area contributed by atoms with Gasteiger partial charge in [0.25, 0.3) is 0 Å². The van der Waals surface area contributed by atoms with Crippen LogP contribution in [0.4, 0.5) is 0 Å². The predicted molar refractivity (Wildman–Crippen MR) is 108 cm³/mol. The molecule has 0 N–H and O–H groups in total. The quantitative estimate of drug-likeness (QED) is 0.293. The van der Waals surface area contributed by atoms with Gasteiger partial charge < -0.3 is 18.0 Å². The Morgan fingerprint density at radius 2 is 1.62 bits per heavy atom. The SMILES string of the molecule is CCCCOC(C)O[Si](Cc1cccc2ccccc12)(OCC)OCC. The van der Waals surface area contributed by atoms with Crippen LogP contribution in [0.3, 0.4) is 0 Å². The second kappa shape index (κ2) is 10.8. The van der Waals surface area contributed by atoms with Crippen LogP contribution in [0.5, 0.6) is 0 Å². The summed E-state index contributed by atoms with van der Waals surface area (Å²) in [7, 11) is -2.90. The first-order chi connectivity index (χ1) is 12.6. The summed E-state index contributed by atoms with van der Waals surface area (Å²) >= 11 is 0. The molecule has 5 heteroatoms. The Kier molecular flexibility index (Phi) is 8.75. The molecule has 0 spiro atoms. The van der Waals surface area contributed by atoms with E-state index in [1.807, 2.05) is 20.8 Å². The van der Waals surface area contributed by atoms with Gasteiger partial charge in [-0.1, -0.05) is 55.8 Å². The van der Waals surface area contributed by atoms with Crippen molar-refractivity contribution in [3.05, 3.63) is 48.0 Å². The fraction of sp³-hybridized carbons (Fsp3) is 0.524. The Bertz CT molecular complexity index is 650. The zero-order valence-corrected chi connectivity index (χ0v) is 17.5. The van der Waals surface area contributed by atoms with Crippen molar-refractivity contribution >= 4 is 19.6 Å². The van der Waals surface area contributed by atoms with E-state index >= 15 is 0 Å². The van der Waals surface area contributed by atoms with E-state index in [0.29, 0.717) is 25.9 Å². The summed E-state index contributed by atoms with van der Waals surface area (Å²) in [6, 6.07) is 15.4. The first kappa shape index (κ1) is 21.1. The fourth-order valence-corrected chi connectivity index (χ4v) is 5.79. The van der Waals surface area contributed by atoms with Crippen LogP contribution in [0.25, 0.3) is 10.8 Å². The van der Waals surface area contributed by atoms with Gasteiger partial charge in [0.15, 0.2) is 0 Å². The molecule has 144 valence electrons. The van der Waals surface area contributed by atoms with E-state index in [2.05, 4.69) is 49.4 Å². The lowest BCUT2D eigenvalue weighted by Gasteiger charge is -2.32. The van der Waals surface area contributed by atoms with E-state index in [-0.39, 0.29) is 6.29 Å². The lowest BCUT2D eigenvalue weighted by Crippen LogP contribution is -2.51. The van der Waals surface area contributed by atoms with Gasteiger partial charge in [-0.3, -0.25) is 0 Å². The van der Waals surface area contributed by atoms with Crippen molar-refractivity contribution in [1.29, 1.82) is 0 Å². The van der Waals surface area contributed by atoms with Gasteiger partial charge in [0.2, 0.25) is 0 Å². The van der Waals surface area contributed by atoms with Crippen LogP contribution < -0.4 is 0 Å². The number of ether oxygens (including phenoxy) is 1. The molecule has 0 radical (unpaired) electrons. The minimum atomic E-state index is -2.90. The van der Waals surface area contributed by atoms with Crippen molar-refractivity contribution in [2.75, 3.05) is 19.8 Å². The standard InChI is InChI=1S/C21H32O4Si/c1-5-8-16-22-18(4)25-26(23-6-2,24-7-3)17-20-14-11-13-19-12-9-10-15-21(19)20/h9-15,18H,5-8,16-17H2,1-4H3. The minimum absolute atomic E-state index is 0.346. The summed E-state index contributed by atoms with van der Waals surface area (Å²) in [5, 5.41) is 2.43. The molecular weight excluding hydrogens is 344 g/mol. The van der Waals surface area contributed by atoms with Gasteiger partial charge in [-0.2, -0.15) is 0 Å². The van der Waals surface area contributed by atoms with E-state index in [4.69, 9.17) is 18.0 Å². The minimum Gasteiger partial charge on any atom is -0.374 e. The highest BCUT2D eigenvalue weighted by Crippen LogP contribution is 2.25. The Labute approximate surface area is 158 Å². The van der Waals surface area contributed by atoms with Crippen molar-refractivity contribution in [1.82, 2.24) is 0 Å². The second-order valence-corrected chi connectivity index (χ2v) is 8.81. The molecule has 0 aliphatic heterocycles. The summed E-state index contributed by atoms with van der Waals surface area (Å²) < 4.78 is 24.3. The molecule has 0 bridgehead atoms. The summed E-state index contributed by atoms with van der Waals surface area (Å²) in [4.78, 5) is 0. The molecule has 1 unspecified atom stereocenters. The first-order valence-electron chi connectivity index (χ1n) is 9.68. The van der Waals surface area contributed by atoms with E-state index in [0.717, 1.165) is 12.8 Å². The van der Waals surface area contributed by atoms with E-state index in [1.54, 1.807) is 0 Å². The van der Waals surface area contributed by atoms with Gasteiger partial charge in [-0.05, 0) is 43.5 Å². The molecule has 0 heterocycles. The number of hydrogen-bond donors (Lipinski definition) is 0. The van der Waals surface area contributed by atoms with Crippen molar-refractivity contribution in [3.63, 3.8) is 0 Å². The van der Waals surface area contributed by atoms with Gasteiger partial charge in [0.1, 0.15) is 6.29 Å². The normalized spacial score (nSPS) is 13.2. The largest absolute Gasteiger partial charge is 0.507 e. The van der Waals surface area contributed by atoms with Gasteiger partial charge in [-0.15, -0.1) is 0 Å². The molecule has 1 atom stereocenters. The molecule has 2 aromatic rings. The van der Waals surface area contributed by atoms with Crippen molar-refractivity contribution in [2.45, 2.75) is 52.9 Å². The Balaban J connectivity index is 2.24. The highest BCUT2D eigenvalue weighted by Gasteiger charge is 2.43. The zero-order valence-electron chi connectivity index (χ0n) is 16.5. The molecule has 0 amide bonds. The van der Waals surface area contributed by atoms with Gasteiger partial charge in [-0.25, -0.2) is 0 Å². The maximum absolute atomic E-state index is 6.29. The molecule has 2 aromatic carbocycles. The van der Waals surface area contributed by atoms with Crippen LogP contribution >= 0.6 is 0 Å². The molecule has 0 saturated carbocycles.